The number of nitrogens with one attached hydrogen (secondary N) is 1. The molecule has 0 bridgehead atoms. The van der Waals surface area contributed by atoms with Gasteiger partial charge in [-0.1, -0.05) is 6.07 Å². The van der Waals surface area contributed by atoms with E-state index in [9.17, 15) is 19.1 Å². The van der Waals surface area contributed by atoms with E-state index in [1.807, 2.05) is 0 Å². The highest BCUT2D eigenvalue weighted by molar-refractivity contribution is 9.10. The first-order valence-electron chi connectivity index (χ1n) is 5.39. The molecule has 1 atom stereocenters. The average Bonchev–Trinajstić information content (AvgIpc) is 2.28. The van der Waals surface area contributed by atoms with E-state index in [1.165, 1.54) is 25.1 Å². The monoisotopic (exact) mass is 333 g/mol. The number of aliphatic hydroxyl groups is 1. The van der Waals surface area contributed by atoms with Gasteiger partial charge in [0, 0.05) is 6.54 Å². The Bertz CT molecular complexity index is 505. The zero-order valence-electron chi connectivity index (χ0n) is 10.1. The number of carbonyl (C=O) groups excluding carboxylic acids is 1. The maximum Gasteiger partial charge on any atom is 0.306 e. The number of carbonyl (C=O) groups is 2. The Kier molecular flexibility index (Phi) is 5.02. The molecule has 3 N–H and O–H groups in total. The van der Waals surface area contributed by atoms with Crippen molar-refractivity contribution in [2.75, 3.05) is 6.54 Å². The summed E-state index contributed by atoms with van der Waals surface area (Å²) in [4.78, 5) is 22.3. The molecule has 1 aromatic carbocycles. The Balaban J connectivity index is 2.71. The zero-order valence-corrected chi connectivity index (χ0v) is 11.7. The lowest BCUT2D eigenvalue weighted by atomic mass is 10.0. The molecule has 0 aliphatic heterocycles. The first-order valence-corrected chi connectivity index (χ1v) is 6.18. The van der Waals surface area contributed by atoms with Crippen LogP contribution in [-0.4, -0.2) is 34.2 Å². The van der Waals surface area contributed by atoms with Crippen molar-refractivity contribution in [3.05, 3.63) is 34.1 Å². The third-order valence-corrected chi connectivity index (χ3v) is 3.16. The van der Waals surface area contributed by atoms with Crippen LogP contribution in [-0.2, 0) is 4.79 Å². The van der Waals surface area contributed by atoms with Gasteiger partial charge in [0.15, 0.2) is 0 Å². The highest BCUT2D eigenvalue weighted by atomic mass is 79.9. The maximum atomic E-state index is 13.2. The van der Waals surface area contributed by atoms with Gasteiger partial charge in [-0.25, -0.2) is 4.39 Å². The van der Waals surface area contributed by atoms with E-state index in [4.69, 9.17) is 5.11 Å². The topological polar surface area (TPSA) is 86.6 Å². The lowest BCUT2D eigenvalue weighted by Crippen LogP contribution is -2.42. The van der Waals surface area contributed by atoms with Crippen LogP contribution >= 0.6 is 15.9 Å². The number of aliphatic carboxylic acids is 1. The molecular formula is C12H13BrFNO4. The molecule has 0 heterocycles. The third kappa shape index (κ3) is 4.60. The van der Waals surface area contributed by atoms with Gasteiger partial charge in [0.1, 0.15) is 5.82 Å². The Labute approximate surface area is 117 Å². The van der Waals surface area contributed by atoms with Crippen molar-refractivity contribution in [2.45, 2.75) is 18.9 Å². The molecular weight excluding hydrogens is 321 g/mol. The minimum Gasteiger partial charge on any atom is -0.481 e. The maximum absolute atomic E-state index is 13.2. The summed E-state index contributed by atoms with van der Waals surface area (Å²) >= 11 is 2.95. The molecule has 0 spiro atoms. The molecule has 7 heteroatoms. The molecule has 0 aliphatic carbocycles. The summed E-state index contributed by atoms with van der Waals surface area (Å²) in [5.41, 5.74) is -1.49. The van der Waals surface area contributed by atoms with Gasteiger partial charge in [0.2, 0.25) is 0 Å². The standard InChI is InChI=1S/C12H13BrFNO4/c1-12(19,5-9(16)17)6-15-11(18)7-3-2-4-8(14)10(7)13/h2-4,19H,5-6H2,1H3,(H,15,18)(H,16,17). The number of hydrogen-bond donors (Lipinski definition) is 3. The minimum absolute atomic E-state index is 0.0189. The molecule has 1 amide bonds. The summed E-state index contributed by atoms with van der Waals surface area (Å²) in [7, 11) is 0. The second kappa shape index (κ2) is 6.12. The fourth-order valence-electron chi connectivity index (χ4n) is 1.43. The highest BCUT2D eigenvalue weighted by Crippen LogP contribution is 2.20. The van der Waals surface area contributed by atoms with Crippen molar-refractivity contribution in [3.8, 4) is 0 Å². The summed E-state index contributed by atoms with van der Waals surface area (Å²) in [6, 6.07) is 3.99. The Morgan fingerprint density at radius 1 is 1.47 bits per heavy atom. The van der Waals surface area contributed by atoms with Crippen LogP contribution < -0.4 is 5.32 Å². The van der Waals surface area contributed by atoms with Crippen molar-refractivity contribution >= 4 is 27.8 Å². The number of carboxylic acid groups (broad SMARTS) is 1. The van der Waals surface area contributed by atoms with Crippen LogP contribution in [0.1, 0.15) is 23.7 Å². The quantitative estimate of drug-likeness (QED) is 0.762. The molecule has 19 heavy (non-hydrogen) atoms. The molecule has 0 saturated carbocycles. The molecule has 0 aliphatic rings. The van der Waals surface area contributed by atoms with Crippen molar-refractivity contribution < 1.29 is 24.2 Å². The van der Waals surface area contributed by atoms with Gasteiger partial charge in [-0.2, -0.15) is 0 Å². The van der Waals surface area contributed by atoms with Gasteiger partial charge in [0.05, 0.1) is 22.1 Å². The van der Waals surface area contributed by atoms with E-state index in [0.29, 0.717) is 0 Å². The smallest absolute Gasteiger partial charge is 0.306 e. The fraction of sp³-hybridized carbons (Fsp3) is 0.333. The Morgan fingerprint density at radius 2 is 2.11 bits per heavy atom. The van der Waals surface area contributed by atoms with E-state index >= 15 is 0 Å². The lowest BCUT2D eigenvalue weighted by molar-refractivity contribution is -0.141. The second-order valence-corrected chi connectivity index (χ2v) is 5.14. The van der Waals surface area contributed by atoms with Crippen LogP contribution in [0.15, 0.2) is 22.7 Å². The number of rotatable bonds is 5. The van der Waals surface area contributed by atoms with Crippen LogP contribution in [0.3, 0.4) is 0 Å². The molecule has 1 rings (SSSR count). The van der Waals surface area contributed by atoms with Crippen molar-refractivity contribution in [3.63, 3.8) is 0 Å². The normalized spacial score (nSPS) is 13.7. The molecule has 0 saturated heterocycles. The Morgan fingerprint density at radius 3 is 2.68 bits per heavy atom. The summed E-state index contributed by atoms with van der Waals surface area (Å²) in [6.07, 6.45) is -0.502. The molecule has 0 aromatic heterocycles. The Hall–Kier alpha value is -1.47. The zero-order chi connectivity index (χ0) is 14.6. The summed E-state index contributed by atoms with van der Waals surface area (Å²) in [5.74, 6) is -2.35. The molecule has 1 unspecified atom stereocenters. The molecule has 0 fully saturated rings. The number of carboxylic acids is 1. The predicted octanol–water partition coefficient (Wildman–Crippen LogP) is 1.54. The van der Waals surface area contributed by atoms with E-state index in [-0.39, 0.29) is 16.6 Å². The molecule has 0 radical (unpaired) electrons. The number of halogens is 2. The third-order valence-electron chi connectivity index (χ3n) is 2.36. The molecule has 104 valence electrons. The summed E-state index contributed by atoms with van der Waals surface area (Å²) in [6.45, 7) is 1.04. The van der Waals surface area contributed by atoms with E-state index in [0.717, 1.165) is 0 Å². The first kappa shape index (κ1) is 15.6. The van der Waals surface area contributed by atoms with Crippen LogP contribution in [0.25, 0.3) is 0 Å². The molecule has 1 aromatic rings. The van der Waals surface area contributed by atoms with Crippen molar-refractivity contribution in [2.24, 2.45) is 0 Å². The molecule has 5 nitrogen and oxygen atoms in total. The predicted molar refractivity (Wildman–Crippen MR) is 69.3 cm³/mol. The lowest BCUT2D eigenvalue weighted by Gasteiger charge is -2.21. The second-order valence-electron chi connectivity index (χ2n) is 4.35. The van der Waals surface area contributed by atoms with Crippen molar-refractivity contribution in [1.29, 1.82) is 0 Å². The first-order chi connectivity index (χ1) is 8.73. The van der Waals surface area contributed by atoms with E-state index in [1.54, 1.807) is 0 Å². The fourth-order valence-corrected chi connectivity index (χ4v) is 1.88. The van der Waals surface area contributed by atoms with E-state index < -0.39 is 29.7 Å². The largest absolute Gasteiger partial charge is 0.481 e. The van der Waals surface area contributed by atoms with Gasteiger partial charge in [-0.05, 0) is 35.0 Å². The van der Waals surface area contributed by atoms with Gasteiger partial charge >= 0.3 is 5.97 Å². The summed E-state index contributed by atoms with van der Waals surface area (Å²) in [5, 5.41) is 20.7. The van der Waals surface area contributed by atoms with Gasteiger partial charge in [-0.3, -0.25) is 9.59 Å². The SMILES string of the molecule is CC(O)(CNC(=O)c1cccc(F)c1Br)CC(=O)O. The minimum atomic E-state index is -1.57. The van der Waals surface area contributed by atoms with E-state index in [2.05, 4.69) is 21.2 Å². The van der Waals surface area contributed by atoms with Crippen LogP contribution in [0.2, 0.25) is 0 Å². The van der Waals surface area contributed by atoms with Crippen LogP contribution in [0.4, 0.5) is 4.39 Å². The average molecular weight is 334 g/mol. The number of hydrogen-bond acceptors (Lipinski definition) is 3. The van der Waals surface area contributed by atoms with Gasteiger partial charge in [0.25, 0.3) is 5.91 Å². The van der Waals surface area contributed by atoms with Crippen molar-refractivity contribution in [1.82, 2.24) is 5.32 Å². The van der Waals surface area contributed by atoms with Crippen LogP contribution in [0, 0.1) is 5.82 Å². The summed E-state index contributed by atoms with van der Waals surface area (Å²) < 4.78 is 13.3. The number of benzene rings is 1. The van der Waals surface area contributed by atoms with Gasteiger partial charge in [-0.15, -0.1) is 0 Å². The van der Waals surface area contributed by atoms with Crippen LogP contribution in [0.5, 0.6) is 0 Å². The van der Waals surface area contributed by atoms with Gasteiger partial charge < -0.3 is 15.5 Å². The number of amides is 1. The highest BCUT2D eigenvalue weighted by Gasteiger charge is 2.25.